The smallest absolute Gasteiger partial charge is 0.232 e. The van der Waals surface area contributed by atoms with E-state index in [1.54, 1.807) is 13.3 Å². The molecular formula is C16H25BrN6O. The first-order valence-corrected chi connectivity index (χ1v) is 9.27. The summed E-state index contributed by atoms with van der Waals surface area (Å²) in [6.45, 7) is 4.57. The van der Waals surface area contributed by atoms with Gasteiger partial charge in [-0.2, -0.15) is 4.98 Å². The number of methoxy groups -OCH3 is 1. The van der Waals surface area contributed by atoms with E-state index in [-0.39, 0.29) is 0 Å². The second-order valence-electron chi connectivity index (χ2n) is 6.21. The molecule has 0 unspecified atom stereocenters. The van der Waals surface area contributed by atoms with Crippen molar-refractivity contribution in [3.8, 4) is 5.88 Å². The fourth-order valence-electron chi connectivity index (χ4n) is 2.88. The van der Waals surface area contributed by atoms with Crippen LogP contribution >= 0.6 is 15.9 Å². The number of anilines is 1. The Kier molecular flexibility index (Phi) is 5.76. The number of rotatable bonds is 5. The molecule has 2 heterocycles. The molecular weight excluding hydrogens is 372 g/mol. The zero-order valence-corrected chi connectivity index (χ0v) is 15.9. The van der Waals surface area contributed by atoms with Crippen molar-refractivity contribution in [3.63, 3.8) is 0 Å². The van der Waals surface area contributed by atoms with Gasteiger partial charge in [-0.05, 0) is 28.3 Å². The van der Waals surface area contributed by atoms with Crippen LogP contribution in [0.4, 0.5) is 5.95 Å². The first kappa shape index (κ1) is 17.3. The van der Waals surface area contributed by atoms with Gasteiger partial charge in [0.15, 0.2) is 5.96 Å². The minimum atomic E-state index is 0.569. The van der Waals surface area contributed by atoms with Crippen LogP contribution in [0.1, 0.15) is 19.3 Å². The Balaban J connectivity index is 1.52. The summed E-state index contributed by atoms with van der Waals surface area (Å²) in [5.41, 5.74) is 0. The Morgan fingerprint density at radius 2 is 2.12 bits per heavy atom. The van der Waals surface area contributed by atoms with Crippen molar-refractivity contribution in [3.05, 3.63) is 10.7 Å². The molecule has 1 saturated carbocycles. The Morgan fingerprint density at radius 1 is 1.38 bits per heavy atom. The maximum atomic E-state index is 5.26. The number of aromatic nitrogens is 2. The van der Waals surface area contributed by atoms with Crippen LogP contribution in [0.15, 0.2) is 15.7 Å². The average Bonchev–Trinajstić information content (AvgIpc) is 3.44. The summed E-state index contributed by atoms with van der Waals surface area (Å²) in [5.74, 6) is 3.23. The van der Waals surface area contributed by atoms with Gasteiger partial charge in [-0.3, -0.25) is 4.99 Å². The molecule has 7 nitrogen and oxygen atoms in total. The van der Waals surface area contributed by atoms with Crippen LogP contribution in [0.5, 0.6) is 5.88 Å². The van der Waals surface area contributed by atoms with Gasteiger partial charge in [0.1, 0.15) is 0 Å². The normalized spacial score (nSPS) is 18.7. The molecule has 0 bridgehead atoms. The standard InChI is InChI=1S/C16H25BrN6O/c1-18-15(19-6-5-12-3-4-12)22-7-9-23(10-8-22)16-20-11-13(17)14(21-16)24-2/h11-12H,3-10H2,1-2H3,(H,18,19). The average molecular weight is 397 g/mol. The van der Waals surface area contributed by atoms with E-state index in [0.29, 0.717) is 11.8 Å². The van der Waals surface area contributed by atoms with E-state index in [4.69, 9.17) is 4.74 Å². The van der Waals surface area contributed by atoms with Gasteiger partial charge in [0.2, 0.25) is 11.8 Å². The van der Waals surface area contributed by atoms with Crippen molar-refractivity contribution >= 4 is 27.8 Å². The zero-order valence-electron chi connectivity index (χ0n) is 14.3. The monoisotopic (exact) mass is 396 g/mol. The number of halogens is 1. The zero-order chi connectivity index (χ0) is 16.9. The maximum Gasteiger partial charge on any atom is 0.232 e. The van der Waals surface area contributed by atoms with Crippen molar-refractivity contribution < 1.29 is 4.74 Å². The van der Waals surface area contributed by atoms with Crippen LogP contribution in [-0.4, -0.2) is 67.7 Å². The lowest BCUT2D eigenvalue weighted by Crippen LogP contribution is -2.53. The van der Waals surface area contributed by atoms with Crippen molar-refractivity contribution in [1.29, 1.82) is 0 Å². The van der Waals surface area contributed by atoms with Crippen molar-refractivity contribution in [2.24, 2.45) is 10.9 Å². The van der Waals surface area contributed by atoms with Crippen molar-refractivity contribution in [2.45, 2.75) is 19.3 Å². The number of hydrogen-bond donors (Lipinski definition) is 1. The first-order valence-electron chi connectivity index (χ1n) is 8.48. The van der Waals surface area contributed by atoms with Gasteiger partial charge < -0.3 is 19.9 Å². The summed E-state index contributed by atoms with van der Waals surface area (Å²) < 4.78 is 6.03. The lowest BCUT2D eigenvalue weighted by molar-refractivity contribution is 0.365. The molecule has 1 aliphatic heterocycles. The lowest BCUT2D eigenvalue weighted by Gasteiger charge is -2.36. The van der Waals surface area contributed by atoms with E-state index in [9.17, 15) is 0 Å². The molecule has 1 saturated heterocycles. The number of nitrogens with zero attached hydrogens (tertiary/aromatic N) is 5. The van der Waals surface area contributed by atoms with Crippen LogP contribution < -0.4 is 15.0 Å². The Morgan fingerprint density at radius 3 is 2.75 bits per heavy atom. The Bertz CT molecular complexity index is 584. The predicted molar refractivity (Wildman–Crippen MR) is 98.8 cm³/mol. The van der Waals surface area contributed by atoms with Crippen LogP contribution in [-0.2, 0) is 0 Å². The summed E-state index contributed by atoms with van der Waals surface area (Å²) >= 11 is 3.39. The molecule has 3 rings (SSSR count). The molecule has 0 amide bonds. The topological polar surface area (TPSA) is 65.9 Å². The van der Waals surface area contributed by atoms with Crippen molar-refractivity contribution in [2.75, 3.05) is 51.8 Å². The summed E-state index contributed by atoms with van der Waals surface area (Å²) in [4.78, 5) is 17.8. The second-order valence-corrected chi connectivity index (χ2v) is 7.06. The van der Waals surface area contributed by atoms with E-state index in [2.05, 4.69) is 46.0 Å². The van der Waals surface area contributed by atoms with E-state index in [0.717, 1.165) is 49.1 Å². The number of piperazine rings is 1. The molecule has 8 heteroatoms. The van der Waals surface area contributed by atoms with Crippen LogP contribution in [0.2, 0.25) is 0 Å². The first-order chi connectivity index (χ1) is 11.7. The van der Waals surface area contributed by atoms with Gasteiger partial charge in [0.25, 0.3) is 0 Å². The van der Waals surface area contributed by atoms with Gasteiger partial charge in [-0.1, -0.05) is 12.8 Å². The van der Waals surface area contributed by atoms with E-state index in [1.807, 2.05) is 7.05 Å². The van der Waals surface area contributed by atoms with Gasteiger partial charge in [-0.25, -0.2) is 4.98 Å². The van der Waals surface area contributed by atoms with Gasteiger partial charge in [0.05, 0.1) is 17.8 Å². The predicted octanol–water partition coefficient (Wildman–Crippen LogP) is 1.75. The third-order valence-corrected chi connectivity index (χ3v) is 5.04. The third kappa shape index (κ3) is 4.28. The third-order valence-electron chi connectivity index (χ3n) is 4.50. The number of nitrogens with one attached hydrogen (secondary N) is 1. The maximum absolute atomic E-state index is 5.26. The van der Waals surface area contributed by atoms with Gasteiger partial charge in [0, 0.05) is 39.8 Å². The summed E-state index contributed by atoms with van der Waals surface area (Å²) in [6, 6.07) is 0. The lowest BCUT2D eigenvalue weighted by atomic mass is 10.3. The highest BCUT2D eigenvalue weighted by Gasteiger charge is 2.23. The number of hydrogen-bond acceptors (Lipinski definition) is 5. The minimum absolute atomic E-state index is 0.569. The number of aliphatic imine (C=N–C) groups is 1. The second kappa shape index (κ2) is 8.00. The summed E-state index contributed by atoms with van der Waals surface area (Å²) in [7, 11) is 3.47. The van der Waals surface area contributed by atoms with Crippen LogP contribution in [0.25, 0.3) is 0 Å². The fraction of sp³-hybridized carbons (Fsp3) is 0.688. The molecule has 24 heavy (non-hydrogen) atoms. The van der Waals surface area contributed by atoms with E-state index in [1.165, 1.54) is 19.3 Å². The van der Waals surface area contributed by atoms with E-state index < -0.39 is 0 Å². The molecule has 0 aromatic carbocycles. The molecule has 132 valence electrons. The van der Waals surface area contributed by atoms with Crippen molar-refractivity contribution in [1.82, 2.24) is 20.2 Å². The summed E-state index contributed by atoms with van der Waals surface area (Å²) in [5, 5.41) is 3.49. The highest BCUT2D eigenvalue weighted by Crippen LogP contribution is 2.31. The molecule has 1 aliphatic carbocycles. The SMILES string of the molecule is CN=C(NCCC1CC1)N1CCN(c2ncc(Br)c(OC)n2)CC1. The van der Waals surface area contributed by atoms with E-state index >= 15 is 0 Å². The largest absolute Gasteiger partial charge is 0.480 e. The number of guanidine groups is 1. The van der Waals surface area contributed by atoms with Gasteiger partial charge >= 0.3 is 0 Å². The molecule has 0 spiro atoms. The molecule has 1 aromatic heterocycles. The summed E-state index contributed by atoms with van der Waals surface area (Å²) in [6.07, 6.45) is 5.79. The molecule has 0 radical (unpaired) electrons. The number of ether oxygens (including phenoxy) is 1. The quantitative estimate of drug-likeness (QED) is 0.603. The molecule has 2 aliphatic rings. The Hall–Kier alpha value is -1.57. The minimum Gasteiger partial charge on any atom is -0.480 e. The van der Waals surface area contributed by atoms with Crippen LogP contribution in [0, 0.1) is 5.92 Å². The molecule has 1 aromatic rings. The Labute approximate surface area is 151 Å². The fourth-order valence-corrected chi connectivity index (χ4v) is 3.24. The highest BCUT2D eigenvalue weighted by molar-refractivity contribution is 9.10. The molecule has 1 N–H and O–H groups in total. The van der Waals surface area contributed by atoms with Gasteiger partial charge in [-0.15, -0.1) is 0 Å². The molecule has 2 fully saturated rings. The highest BCUT2D eigenvalue weighted by atomic mass is 79.9. The van der Waals surface area contributed by atoms with Crippen LogP contribution in [0.3, 0.4) is 0 Å². The molecule has 0 atom stereocenters.